The summed E-state index contributed by atoms with van der Waals surface area (Å²) in [5, 5.41) is 2.75. The van der Waals surface area contributed by atoms with E-state index in [1.807, 2.05) is 0 Å². The molecular formula is C16H20BrN5O4. The van der Waals surface area contributed by atoms with Gasteiger partial charge in [-0.1, -0.05) is 6.92 Å². The number of carbonyl (C=O) groups is 4. The number of hydrazine groups is 1. The standard InChI is InChI=1S/C16H20BrN5O4/c1-9-2-4-16(5-3-9)14(25)22(15(26)19-16)8-12(23)20-21-13(24)11-6-10(17)7-18-11/h6-7,9,18H,2-5,8H2,1H3,(H,19,26)(H,20,23)(H,21,24). The molecule has 4 N–H and O–H groups in total. The van der Waals surface area contributed by atoms with Gasteiger partial charge < -0.3 is 10.3 Å². The number of hydrogen-bond acceptors (Lipinski definition) is 4. The predicted octanol–water partition coefficient (Wildman–Crippen LogP) is 1.04. The van der Waals surface area contributed by atoms with Crippen LogP contribution in [-0.2, 0) is 9.59 Å². The summed E-state index contributed by atoms with van der Waals surface area (Å²) in [6.07, 6.45) is 4.45. The summed E-state index contributed by atoms with van der Waals surface area (Å²) in [5.41, 5.74) is 3.81. The van der Waals surface area contributed by atoms with Crippen molar-refractivity contribution in [2.45, 2.75) is 38.1 Å². The average Bonchev–Trinajstić information content (AvgIpc) is 3.13. The number of nitrogens with one attached hydrogen (secondary N) is 4. The number of amides is 5. The van der Waals surface area contributed by atoms with Crippen LogP contribution in [0.5, 0.6) is 0 Å². The molecule has 1 aliphatic heterocycles. The topological polar surface area (TPSA) is 123 Å². The fourth-order valence-electron chi connectivity index (χ4n) is 3.29. The summed E-state index contributed by atoms with van der Waals surface area (Å²) >= 11 is 3.20. The van der Waals surface area contributed by atoms with Crippen LogP contribution in [0.1, 0.15) is 43.1 Å². The van der Waals surface area contributed by atoms with Crippen LogP contribution in [0.25, 0.3) is 0 Å². The molecule has 2 fully saturated rings. The fraction of sp³-hybridized carbons (Fsp3) is 0.500. The van der Waals surface area contributed by atoms with Crippen LogP contribution in [-0.4, -0.2) is 45.7 Å². The minimum absolute atomic E-state index is 0.252. The zero-order chi connectivity index (χ0) is 18.9. The summed E-state index contributed by atoms with van der Waals surface area (Å²) in [6, 6.07) is 0.978. The van der Waals surface area contributed by atoms with E-state index >= 15 is 0 Å². The highest BCUT2D eigenvalue weighted by Gasteiger charge is 2.52. The quantitative estimate of drug-likeness (QED) is 0.426. The van der Waals surface area contributed by atoms with Crippen molar-refractivity contribution in [3.05, 3.63) is 22.4 Å². The Labute approximate surface area is 158 Å². The molecule has 0 atom stereocenters. The van der Waals surface area contributed by atoms with Gasteiger partial charge in [0, 0.05) is 10.7 Å². The zero-order valence-corrected chi connectivity index (χ0v) is 15.8. The number of halogens is 1. The molecule has 1 saturated heterocycles. The minimum Gasteiger partial charge on any atom is -0.356 e. The van der Waals surface area contributed by atoms with Crippen molar-refractivity contribution in [3.8, 4) is 0 Å². The summed E-state index contributed by atoms with van der Waals surface area (Å²) in [7, 11) is 0. The molecular weight excluding hydrogens is 406 g/mol. The van der Waals surface area contributed by atoms with E-state index in [1.54, 1.807) is 12.3 Å². The van der Waals surface area contributed by atoms with Crippen molar-refractivity contribution < 1.29 is 19.2 Å². The van der Waals surface area contributed by atoms with Crippen molar-refractivity contribution in [3.63, 3.8) is 0 Å². The summed E-state index contributed by atoms with van der Waals surface area (Å²) in [6.45, 7) is 1.67. The average molecular weight is 426 g/mol. The van der Waals surface area contributed by atoms with Gasteiger partial charge in [-0.15, -0.1) is 0 Å². The number of nitrogens with zero attached hydrogens (tertiary/aromatic N) is 1. The second-order valence-electron chi connectivity index (χ2n) is 6.82. The number of carbonyl (C=O) groups excluding carboxylic acids is 4. The van der Waals surface area contributed by atoms with E-state index in [4.69, 9.17) is 0 Å². The van der Waals surface area contributed by atoms with Crippen LogP contribution in [0.3, 0.4) is 0 Å². The monoisotopic (exact) mass is 425 g/mol. The Morgan fingerprint density at radius 3 is 2.62 bits per heavy atom. The molecule has 1 spiro atoms. The van der Waals surface area contributed by atoms with Gasteiger partial charge >= 0.3 is 6.03 Å². The number of urea groups is 1. The maximum Gasteiger partial charge on any atom is 0.325 e. The normalized spacial score (nSPS) is 25.3. The molecule has 1 saturated carbocycles. The molecule has 140 valence electrons. The van der Waals surface area contributed by atoms with Gasteiger partial charge in [0.05, 0.1) is 0 Å². The second kappa shape index (κ2) is 7.10. The molecule has 0 radical (unpaired) electrons. The largest absolute Gasteiger partial charge is 0.356 e. The van der Waals surface area contributed by atoms with E-state index in [2.05, 4.69) is 44.0 Å². The molecule has 2 heterocycles. The third-order valence-electron chi connectivity index (χ3n) is 4.88. The first-order chi connectivity index (χ1) is 12.3. The van der Waals surface area contributed by atoms with Gasteiger partial charge in [-0.3, -0.25) is 30.1 Å². The van der Waals surface area contributed by atoms with Crippen LogP contribution in [0, 0.1) is 5.92 Å². The fourth-order valence-corrected chi connectivity index (χ4v) is 3.63. The highest BCUT2D eigenvalue weighted by atomic mass is 79.9. The molecule has 3 rings (SSSR count). The second-order valence-corrected chi connectivity index (χ2v) is 7.74. The SMILES string of the molecule is CC1CCC2(CC1)NC(=O)N(CC(=O)NNC(=O)c1cc(Br)c[nH]1)C2=O. The molecule has 1 aromatic heterocycles. The molecule has 0 bridgehead atoms. The Balaban J connectivity index is 1.55. The van der Waals surface area contributed by atoms with E-state index in [0.717, 1.165) is 17.7 Å². The van der Waals surface area contributed by atoms with Gasteiger partial charge in [-0.25, -0.2) is 4.79 Å². The summed E-state index contributed by atoms with van der Waals surface area (Å²) in [4.78, 5) is 52.3. The molecule has 10 heteroatoms. The Morgan fingerprint density at radius 2 is 2.00 bits per heavy atom. The highest BCUT2D eigenvalue weighted by molar-refractivity contribution is 9.10. The van der Waals surface area contributed by atoms with Crippen LogP contribution in [0.4, 0.5) is 4.79 Å². The van der Waals surface area contributed by atoms with Gasteiger partial charge in [0.2, 0.25) is 0 Å². The van der Waals surface area contributed by atoms with Gasteiger partial charge in [0.15, 0.2) is 0 Å². The van der Waals surface area contributed by atoms with Crippen molar-refractivity contribution in [1.82, 2.24) is 26.1 Å². The summed E-state index contributed by atoms with van der Waals surface area (Å²) in [5.74, 6) is -1.05. The number of aromatic amines is 1. The lowest BCUT2D eigenvalue weighted by Gasteiger charge is -2.33. The van der Waals surface area contributed by atoms with Gasteiger partial charge in [-0.05, 0) is 53.6 Å². The lowest BCUT2D eigenvalue weighted by atomic mass is 9.77. The number of rotatable bonds is 3. The number of aromatic nitrogens is 1. The smallest absolute Gasteiger partial charge is 0.325 e. The van der Waals surface area contributed by atoms with Gasteiger partial charge in [-0.2, -0.15) is 0 Å². The van der Waals surface area contributed by atoms with E-state index in [0.29, 0.717) is 23.2 Å². The Morgan fingerprint density at radius 1 is 1.31 bits per heavy atom. The number of imide groups is 1. The molecule has 5 amide bonds. The molecule has 0 aromatic carbocycles. The first kappa shape index (κ1) is 18.4. The molecule has 0 unspecified atom stereocenters. The third kappa shape index (κ3) is 3.59. The van der Waals surface area contributed by atoms with Crippen molar-refractivity contribution >= 4 is 39.7 Å². The molecule has 1 aromatic rings. The van der Waals surface area contributed by atoms with E-state index in [-0.39, 0.29) is 11.6 Å². The van der Waals surface area contributed by atoms with Crippen LogP contribution in [0.15, 0.2) is 16.7 Å². The van der Waals surface area contributed by atoms with Crippen molar-refractivity contribution in [2.24, 2.45) is 5.92 Å². The van der Waals surface area contributed by atoms with Crippen LogP contribution >= 0.6 is 15.9 Å². The maximum absolute atomic E-state index is 12.7. The molecule has 1 aliphatic carbocycles. The number of hydrogen-bond donors (Lipinski definition) is 4. The van der Waals surface area contributed by atoms with E-state index in [9.17, 15) is 19.2 Å². The summed E-state index contributed by atoms with van der Waals surface area (Å²) < 4.78 is 0.695. The molecule has 26 heavy (non-hydrogen) atoms. The third-order valence-corrected chi connectivity index (χ3v) is 5.34. The van der Waals surface area contributed by atoms with Gasteiger partial charge in [0.1, 0.15) is 17.8 Å². The van der Waals surface area contributed by atoms with E-state index in [1.165, 1.54) is 0 Å². The predicted molar refractivity (Wildman–Crippen MR) is 94.7 cm³/mol. The van der Waals surface area contributed by atoms with Crippen molar-refractivity contribution in [1.29, 1.82) is 0 Å². The highest BCUT2D eigenvalue weighted by Crippen LogP contribution is 2.36. The zero-order valence-electron chi connectivity index (χ0n) is 14.2. The maximum atomic E-state index is 12.7. The van der Waals surface area contributed by atoms with E-state index < -0.39 is 29.9 Å². The Bertz CT molecular complexity index is 754. The first-order valence-electron chi connectivity index (χ1n) is 8.38. The minimum atomic E-state index is -0.885. The number of H-pyrrole nitrogens is 1. The Kier molecular flexibility index (Phi) is 5.03. The van der Waals surface area contributed by atoms with Gasteiger partial charge in [0.25, 0.3) is 17.7 Å². The van der Waals surface area contributed by atoms with Crippen LogP contribution < -0.4 is 16.2 Å². The Hall–Kier alpha value is -2.36. The lowest BCUT2D eigenvalue weighted by molar-refractivity contribution is -0.136. The lowest BCUT2D eigenvalue weighted by Crippen LogP contribution is -2.50. The van der Waals surface area contributed by atoms with Crippen LogP contribution in [0.2, 0.25) is 0 Å². The van der Waals surface area contributed by atoms with Crippen molar-refractivity contribution in [2.75, 3.05) is 6.54 Å². The molecule has 2 aliphatic rings. The molecule has 9 nitrogen and oxygen atoms in total. The first-order valence-corrected chi connectivity index (χ1v) is 9.17.